The third kappa shape index (κ3) is 4.92. The monoisotopic (exact) mass is 493 g/mol. The number of piperazine rings is 1. The number of thioether (sulfide) groups is 1. The van der Waals surface area contributed by atoms with Crippen LogP contribution in [0, 0.1) is 0 Å². The van der Waals surface area contributed by atoms with Crippen LogP contribution in [0.4, 0.5) is 0 Å². The first-order valence-corrected chi connectivity index (χ1v) is 12.8. The number of aromatic nitrogens is 3. The van der Waals surface area contributed by atoms with Gasteiger partial charge in [0.05, 0.1) is 12.0 Å². The number of hydrogen-bond donors (Lipinski definition) is 0. The molecule has 1 aliphatic heterocycles. The maximum atomic E-state index is 12.9. The van der Waals surface area contributed by atoms with E-state index in [1.54, 1.807) is 33.3 Å². The summed E-state index contributed by atoms with van der Waals surface area (Å²) in [6, 6.07) is 17.4. The Kier molecular flexibility index (Phi) is 6.77. The van der Waals surface area contributed by atoms with Crippen molar-refractivity contribution in [3.05, 3.63) is 82.7 Å². The zero-order valence-corrected chi connectivity index (χ0v) is 20.0. The van der Waals surface area contributed by atoms with E-state index in [0.717, 1.165) is 11.5 Å². The summed E-state index contributed by atoms with van der Waals surface area (Å²) in [5.41, 5.74) is 0.971. The summed E-state index contributed by atoms with van der Waals surface area (Å²) < 4.78 is 7.23. The van der Waals surface area contributed by atoms with Gasteiger partial charge in [-0.2, -0.15) is 0 Å². The molecule has 0 spiro atoms. The number of rotatable bonds is 7. The molecule has 2 amide bonds. The van der Waals surface area contributed by atoms with Gasteiger partial charge in [0.2, 0.25) is 5.91 Å². The standard InChI is InChI=1S/C24H23N5O3S2/c30-22(27-10-12-28(13-11-27)23(31)20-9-4-14-32-20)17-34-24-26-25-21(16-19-8-5-15-33-19)29(24)18-6-2-1-3-7-18/h1-9,14-15H,10-13,16-17H2. The molecular formula is C24H23N5O3S2. The van der Waals surface area contributed by atoms with Gasteiger partial charge >= 0.3 is 0 Å². The van der Waals surface area contributed by atoms with Crippen molar-refractivity contribution in [2.24, 2.45) is 0 Å². The van der Waals surface area contributed by atoms with E-state index < -0.39 is 0 Å². The topological polar surface area (TPSA) is 84.5 Å². The summed E-state index contributed by atoms with van der Waals surface area (Å²) in [6.07, 6.45) is 2.17. The second-order valence-electron chi connectivity index (χ2n) is 7.76. The summed E-state index contributed by atoms with van der Waals surface area (Å²) in [4.78, 5) is 30.1. The molecule has 5 rings (SSSR count). The third-order valence-electron chi connectivity index (χ3n) is 5.60. The second kappa shape index (κ2) is 10.3. The minimum absolute atomic E-state index is 0.0255. The fourth-order valence-corrected chi connectivity index (χ4v) is 5.42. The minimum atomic E-state index is -0.138. The molecule has 0 N–H and O–H groups in total. The number of hydrogen-bond acceptors (Lipinski definition) is 7. The lowest BCUT2D eigenvalue weighted by molar-refractivity contribution is -0.129. The van der Waals surface area contributed by atoms with Crippen molar-refractivity contribution >= 4 is 34.9 Å². The van der Waals surface area contributed by atoms with E-state index in [9.17, 15) is 9.59 Å². The number of nitrogens with zero attached hydrogens (tertiary/aromatic N) is 5. The van der Waals surface area contributed by atoms with E-state index in [1.165, 1.54) is 22.9 Å². The van der Waals surface area contributed by atoms with Crippen molar-refractivity contribution in [2.45, 2.75) is 11.6 Å². The smallest absolute Gasteiger partial charge is 0.289 e. The Balaban J connectivity index is 1.23. The predicted molar refractivity (Wildman–Crippen MR) is 130 cm³/mol. The van der Waals surface area contributed by atoms with E-state index in [2.05, 4.69) is 21.6 Å². The van der Waals surface area contributed by atoms with Crippen LogP contribution in [0.3, 0.4) is 0 Å². The van der Waals surface area contributed by atoms with Crippen LogP contribution in [0.15, 0.2) is 75.8 Å². The molecule has 1 fully saturated rings. The van der Waals surface area contributed by atoms with Gasteiger partial charge in [0.25, 0.3) is 5.91 Å². The maximum Gasteiger partial charge on any atom is 0.289 e. The lowest BCUT2D eigenvalue weighted by Gasteiger charge is -2.34. The molecule has 8 nitrogen and oxygen atoms in total. The Labute approximate surface area is 205 Å². The van der Waals surface area contributed by atoms with Crippen LogP contribution in [-0.4, -0.2) is 68.3 Å². The van der Waals surface area contributed by atoms with E-state index in [0.29, 0.717) is 43.5 Å². The number of benzene rings is 1. The molecule has 34 heavy (non-hydrogen) atoms. The fraction of sp³-hybridized carbons (Fsp3) is 0.250. The van der Waals surface area contributed by atoms with E-state index in [1.807, 2.05) is 41.0 Å². The Hall–Kier alpha value is -3.37. The first-order valence-electron chi connectivity index (χ1n) is 10.9. The van der Waals surface area contributed by atoms with Gasteiger partial charge in [0.15, 0.2) is 10.9 Å². The highest BCUT2D eigenvalue weighted by molar-refractivity contribution is 7.99. The third-order valence-corrected chi connectivity index (χ3v) is 7.39. The highest BCUT2D eigenvalue weighted by Gasteiger charge is 2.26. The number of carbonyl (C=O) groups is 2. The summed E-state index contributed by atoms with van der Waals surface area (Å²) in [5, 5.41) is 11.6. The number of furan rings is 1. The highest BCUT2D eigenvalue weighted by Crippen LogP contribution is 2.25. The average molecular weight is 494 g/mol. The highest BCUT2D eigenvalue weighted by atomic mass is 32.2. The van der Waals surface area contributed by atoms with Gasteiger partial charge in [-0.25, -0.2) is 0 Å². The van der Waals surface area contributed by atoms with Crippen molar-refractivity contribution in [1.82, 2.24) is 24.6 Å². The van der Waals surface area contributed by atoms with Crippen molar-refractivity contribution in [3.8, 4) is 5.69 Å². The number of carbonyl (C=O) groups excluding carboxylic acids is 2. The van der Waals surface area contributed by atoms with Crippen LogP contribution in [0.1, 0.15) is 21.3 Å². The molecule has 0 saturated carbocycles. The average Bonchev–Trinajstić information content (AvgIpc) is 3.66. The summed E-state index contributed by atoms with van der Waals surface area (Å²) in [7, 11) is 0. The molecule has 174 valence electrons. The quantitative estimate of drug-likeness (QED) is 0.366. The van der Waals surface area contributed by atoms with Gasteiger partial charge in [-0.1, -0.05) is 36.0 Å². The van der Waals surface area contributed by atoms with Crippen molar-refractivity contribution in [3.63, 3.8) is 0 Å². The Morgan fingerprint density at radius 2 is 1.74 bits per heavy atom. The van der Waals surface area contributed by atoms with Crippen molar-refractivity contribution in [1.29, 1.82) is 0 Å². The molecule has 0 aliphatic carbocycles. The molecule has 3 aromatic heterocycles. The SMILES string of the molecule is O=C(CSc1nnc(Cc2cccs2)n1-c1ccccc1)N1CCN(C(=O)c2ccco2)CC1. The van der Waals surface area contributed by atoms with Crippen molar-refractivity contribution in [2.75, 3.05) is 31.9 Å². The molecule has 1 saturated heterocycles. The fourth-order valence-electron chi connectivity index (χ4n) is 3.85. The minimum Gasteiger partial charge on any atom is -0.459 e. The molecule has 0 unspecified atom stereocenters. The van der Waals surface area contributed by atoms with Crippen LogP contribution in [0.5, 0.6) is 0 Å². The van der Waals surface area contributed by atoms with Crippen LogP contribution in [0.2, 0.25) is 0 Å². The molecular weight excluding hydrogens is 470 g/mol. The normalized spacial score (nSPS) is 13.9. The van der Waals surface area contributed by atoms with E-state index >= 15 is 0 Å². The zero-order valence-electron chi connectivity index (χ0n) is 18.4. The first-order chi connectivity index (χ1) is 16.7. The Bertz CT molecular complexity index is 1230. The van der Waals surface area contributed by atoms with E-state index in [4.69, 9.17) is 4.42 Å². The van der Waals surface area contributed by atoms with Gasteiger partial charge in [-0.15, -0.1) is 21.5 Å². The zero-order chi connectivity index (χ0) is 23.3. The molecule has 1 aromatic carbocycles. The molecule has 0 atom stereocenters. The summed E-state index contributed by atoms with van der Waals surface area (Å²) in [5.74, 6) is 1.32. The molecule has 0 bridgehead atoms. The molecule has 4 heterocycles. The van der Waals surface area contributed by atoms with Gasteiger partial charge in [0.1, 0.15) is 5.82 Å². The predicted octanol–water partition coefficient (Wildman–Crippen LogP) is 3.59. The molecule has 1 aliphatic rings. The Morgan fingerprint density at radius 3 is 2.44 bits per heavy atom. The summed E-state index contributed by atoms with van der Waals surface area (Å²) >= 11 is 3.07. The first kappa shape index (κ1) is 22.4. The molecule has 4 aromatic rings. The number of para-hydroxylation sites is 1. The van der Waals surface area contributed by atoms with Gasteiger partial charge in [-0.05, 0) is 35.7 Å². The molecule has 10 heteroatoms. The number of amides is 2. The second-order valence-corrected chi connectivity index (χ2v) is 9.74. The lowest BCUT2D eigenvalue weighted by atomic mass is 10.3. The number of thiophene rings is 1. The van der Waals surface area contributed by atoms with Crippen LogP contribution in [0.25, 0.3) is 5.69 Å². The lowest BCUT2D eigenvalue weighted by Crippen LogP contribution is -2.51. The van der Waals surface area contributed by atoms with Gasteiger partial charge in [-0.3, -0.25) is 14.2 Å². The Morgan fingerprint density at radius 1 is 0.941 bits per heavy atom. The van der Waals surface area contributed by atoms with Crippen molar-refractivity contribution < 1.29 is 14.0 Å². The van der Waals surface area contributed by atoms with Gasteiger partial charge < -0.3 is 14.2 Å². The summed E-state index contributed by atoms with van der Waals surface area (Å²) in [6.45, 7) is 1.98. The van der Waals surface area contributed by atoms with Crippen LogP contribution in [-0.2, 0) is 11.2 Å². The maximum absolute atomic E-state index is 12.9. The van der Waals surface area contributed by atoms with Crippen LogP contribution < -0.4 is 0 Å². The van der Waals surface area contributed by atoms with E-state index in [-0.39, 0.29) is 17.6 Å². The largest absolute Gasteiger partial charge is 0.459 e. The van der Waals surface area contributed by atoms with Gasteiger partial charge in [0, 0.05) is 43.2 Å². The van der Waals surface area contributed by atoms with Crippen LogP contribution >= 0.6 is 23.1 Å². The molecule has 0 radical (unpaired) electrons.